The molecule has 0 radical (unpaired) electrons. The number of fused-ring (bicyclic) bond motifs is 1. The standard InChI is InChI=1S/C13H18O4/c1-8(2)17-13-5-9(14)4-12-11(13)6-10(15-3)7-16-12/h4-5,8,10,14H,6-7H2,1-3H3. The van der Waals surface area contributed by atoms with Crippen LogP contribution in [-0.2, 0) is 11.2 Å². The highest BCUT2D eigenvalue weighted by atomic mass is 16.5. The van der Waals surface area contributed by atoms with Gasteiger partial charge in [0.1, 0.15) is 23.9 Å². The molecule has 17 heavy (non-hydrogen) atoms. The lowest BCUT2D eigenvalue weighted by atomic mass is 10.0. The molecule has 0 fully saturated rings. The van der Waals surface area contributed by atoms with Gasteiger partial charge >= 0.3 is 0 Å². The highest BCUT2D eigenvalue weighted by Gasteiger charge is 2.24. The van der Waals surface area contributed by atoms with Crippen LogP contribution in [0.5, 0.6) is 17.2 Å². The van der Waals surface area contributed by atoms with Crippen LogP contribution in [0.3, 0.4) is 0 Å². The fraction of sp³-hybridized carbons (Fsp3) is 0.538. The molecule has 94 valence electrons. The third-order valence-electron chi connectivity index (χ3n) is 2.71. The first-order valence-electron chi connectivity index (χ1n) is 5.78. The van der Waals surface area contributed by atoms with Crippen LogP contribution < -0.4 is 9.47 Å². The van der Waals surface area contributed by atoms with Gasteiger partial charge in [0, 0.05) is 31.2 Å². The second-order valence-corrected chi connectivity index (χ2v) is 4.46. The van der Waals surface area contributed by atoms with Gasteiger partial charge < -0.3 is 19.3 Å². The maximum atomic E-state index is 9.61. The van der Waals surface area contributed by atoms with Gasteiger partial charge in [0.2, 0.25) is 0 Å². The Bertz CT molecular complexity index is 401. The van der Waals surface area contributed by atoms with Crippen LogP contribution in [0.25, 0.3) is 0 Å². The van der Waals surface area contributed by atoms with Crippen molar-refractivity contribution < 1.29 is 19.3 Å². The van der Waals surface area contributed by atoms with E-state index in [9.17, 15) is 5.11 Å². The zero-order valence-corrected chi connectivity index (χ0v) is 10.4. The molecule has 0 bridgehead atoms. The van der Waals surface area contributed by atoms with Gasteiger partial charge in [0.25, 0.3) is 0 Å². The molecule has 1 aromatic rings. The number of benzene rings is 1. The number of ether oxygens (including phenoxy) is 3. The Morgan fingerprint density at radius 2 is 2.18 bits per heavy atom. The molecule has 4 heteroatoms. The summed E-state index contributed by atoms with van der Waals surface area (Å²) in [4.78, 5) is 0. The maximum absolute atomic E-state index is 9.61. The van der Waals surface area contributed by atoms with E-state index in [-0.39, 0.29) is 18.0 Å². The molecule has 0 aromatic heterocycles. The van der Waals surface area contributed by atoms with Gasteiger partial charge in [-0.2, -0.15) is 0 Å². The van der Waals surface area contributed by atoms with Crippen molar-refractivity contribution in [2.24, 2.45) is 0 Å². The topological polar surface area (TPSA) is 47.9 Å². The third kappa shape index (κ3) is 2.64. The summed E-state index contributed by atoms with van der Waals surface area (Å²) in [5.74, 6) is 1.53. The lowest BCUT2D eigenvalue weighted by Crippen LogP contribution is -2.28. The highest BCUT2D eigenvalue weighted by Crippen LogP contribution is 2.37. The van der Waals surface area contributed by atoms with Crippen LogP contribution in [-0.4, -0.2) is 31.0 Å². The van der Waals surface area contributed by atoms with Gasteiger partial charge in [0.05, 0.1) is 12.2 Å². The summed E-state index contributed by atoms with van der Waals surface area (Å²) in [6, 6.07) is 3.24. The van der Waals surface area contributed by atoms with Crippen molar-refractivity contribution in [2.45, 2.75) is 32.5 Å². The minimum absolute atomic E-state index is 0.0431. The van der Waals surface area contributed by atoms with E-state index < -0.39 is 0 Å². The Balaban J connectivity index is 2.34. The zero-order valence-electron chi connectivity index (χ0n) is 10.4. The molecule has 1 heterocycles. The zero-order chi connectivity index (χ0) is 12.4. The van der Waals surface area contributed by atoms with Crippen molar-refractivity contribution in [3.8, 4) is 17.2 Å². The van der Waals surface area contributed by atoms with Gasteiger partial charge in [-0.15, -0.1) is 0 Å². The highest BCUT2D eigenvalue weighted by molar-refractivity contribution is 5.51. The van der Waals surface area contributed by atoms with Crippen LogP contribution in [0.1, 0.15) is 19.4 Å². The molecule has 0 amide bonds. The predicted octanol–water partition coefficient (Wildman–Crippen LogP) is 2.13. The van der Waals surface area contributed by atoms with Crippen LogP contribution in [0.4, 0.5) is 0 Å². The summed E-state index contributed by atoms with van der Waals surface area (Å²) in [6.45, 7) is 4.41. The third-order valence-corrected chi connectivity index (χ3v) is 2.71. The molecule has 1 atom stereocenters. The number of hydrogen-bond acceptors (Lipinski definition) is 4. The Kier molecular flexibility index (Phi) is 3.43. The first-order valence-corrected chi connectivity index (χ1v) is 5.78. The molecule has 1 unspecified atom stereocenters. The summed E-state index contributed by atoms with van der Waals surface area (Å²) in [5.41, 5.74) is 0.967. The van der Waals surface area contributed by atoms with Gasteiger partial charge in [-0.05, 0) is 13.8 Å². The predicted molar refractivity (Wildman–Crippen MR) is 63.9 cm³/mol. The molecule has 2 rings (SSSR count). The molecule has 1 aliphatic heterocycles. The average molecular weight is 238 g/mol. The Labute approximate surface area is 101 Å². The summed E-state index contributed by atoms with van der Waals surface area (Å²) < 4.78 is 16.6. The van der Waals surface area contributed by atoms with E-state index in [1.807, 2.05) is 13.8 Å². The molecular formula is C13H18O4. The molecule has 1 N–H and O–H groups in total. The fourth-order valence-electron chi connectivity index (χ4n) is 1.92. The quantitative estimate of drug-likeness (QED) is 0.876. The molecule has 4 nitrogen and oxygen atoms in total. The van der Waals surface area contributed by atoms with E-state index in [1.54, 1.807) is 19.2 Å². The van der Waals surface area contributed by atoms with Crippen LogP contribution >= 0.6 is 0 Å². The fourth-order valence-corrected chi connectivity index (χ4v) is 1.92. The van der Waals surface area contributed by atoms with Crippen LogP contribution in [0.2, 0.25) is 0 Å². The van der Waals surface area contributed by atoms with Crippen molar-refractivity contribution >= 4 is 0 Å². The molecule has 0 aliphatic carbocycles. The number of rotatable bonds is 3. The van der Waals surface area contributed by atoms with Gasteiger partial charge in [0.15, 0.2) is 0 Å². The second-order valence-electron chi connectivity index (χ2n) is 4.46. The molecule has 0 spiro atoms. The first kappa shape index (κ1) is 12.0. The Morgan fingerprint density at radius 3 is 2.82 bits per heavy atom. The number of phenolic OH excluding ortho intramolecular Hbond substituents is 1. The first-order chi connectivity index (χ1) is 8.10. The Morgan fingerprint density at radius 1 is 1.41 bits per heavy atom. The SMILES string of the molecule is COC1COc2cc(O)cc(OC(C)C)c2C1. The number of methoxy groups -OCH3 is 1. The van der Waals surface area contributed by atoms with Crippen molar-refractivity contribution in [3.63, 3.8) is 0 Å². The van der Waals surface area contributed by atoms with E-state index >= 15 is 0 Å². The van der Waals surface area contributed by atoms with Crippen molar-refractivity contribution in [3.05, 3.63) is 17.7 Å². The number of hydrogen-bond donors (Lipinski definition) is 1. The molecule has 1 aliphatic rings. The summed E-state index contributed by atoms with van der Waals surface area (Å²) >= 11 is 0. The molecule has 0 saturated heterocycles. The monoisotopic (exact) mass is 238 g/mol. The van der Waals surface area contributed by atoms with Crippen molar-refractivity contribution in [2.75, 3.05) is 13.7 Å². The van der Waals surface area contributed by atoms with Gasteiger partial charge in [-0.1, -0.05) is 0 Å². The summed E-state index contributed by atoms with van der Waals surface area (Å²) in [5, 5.41) is 9.61. The van der Waals surface area contributed by atoms with E-state index in [4.69, 9.17) is 14.2 Å². The van der Waals surface area contributed by atoms with Gasteiger partial charge in [-0.25, -0.2) is 0 Å². The number of aromatic hydroxyl groups is 1. The van der Waals surface area contributed by atoms with E-state index in [0.717, 1.165) is 12.0 Å². The minimum Gasteiger partial charge on any atom is -0.508 e. The van der Waals surface area contributed by atoms with E-state index in [1.165, 1.54) is 0 Å². The Hall–Kier alpha value is -1.42. The molecule has 1 aromatic carbocycles. The van der Waals surface area contributed by atoms with Crippen molar-refractivity contribution in [1.82, 2.24) is 0 Å². The smallest absolute Gasteiger partial charge is 0.130 e. The lowest BCUT2D eigenvalue weighted by molar-refractivity contribution is 0.0451. The van der Waals surface area contributed by atoms with E-state index in [0.29, 0.717) is 18.1 Å². The summed E-state index contributed by atoms with van der Waals surface area (Å²) in [7, 11) is 1.67. The molecule has 0 saturated carbocycles. The van der Waals surface area contributed by atoms with Gasteiger partial charge in [-0.3, -0.25) is 0 Å². The lowest BCUT2D eigenvalue weighted by Gasteiger charge is -2.26. The summed E-state index contributed by atoms with van der Waals surface area (Å²) in [6.07, 6.45) is 0.846. The number of phenols is 1. The van der Waals surface area contributed by atoms with Crippen molar-refractivity contribution in [1.29, 1.82) is 0 Å². The maximum Gasteiger partial charge on any atom is 0.130 e. The largest absolute Gasteiger partial charge is 0.508 e. The minimum atomic E-state index is 0.0431. The van der Waals surface area contributed by atoms with E-state index in [2.05, 4.69) is 0 Å². The molecular weight excluding hydrogens is 220 g/mol. The average Bonchev–Trinajstić information content (AvgIpc) is 2.27. The van der Waals surface area contributed by atoms with Crippen LogP contribution in [0.15, 0.2) is 12.1 Å². The normalized spacial score (nSPS) is 18.7. The van der Waals surface area contributed by atoms with Crippen LogP contribution in [0, 0.1) is 0 Å². The second kappa shape index (κ2) is 4.84.